The van der Waals surface area contributed by atoms with Crippen LogP contribution in [-0.4, -0.2) is 15.0 Å². The van der Waals surface area contributed by atoms with Crippen LogP contribution in [0.3, 0.4) is 0 Å². The summed E-state index contributed by atoms with van der Waals surface area (Å²) in [6.45, 7) is 4.67. The first-order chi connectivity index (χ1) is 25.5. The highest BCUT2D eigenvalue weighted by molar-refractivity contribution is 6.11. The molecule has 9 aromatic rings. The third kappa shape index (κ3) is 4.79. The Labute approximate surface area is 302 Å². The highest BCUT2D eigenvalue weighted by Gasteiger charge is 2.38. The Bertz CT molecular complexity index is 2800. The van der Waals surface area contributed by atoms with Crippen LogP contribution in [0.5, 0.6) is 0 Å². The van der Waals surface area contributed by atoms with Crippen LogP contribution < -0.4 is 0 Å². The van der Waals surface area contributed by atoms with Crippen molar-refractivity contribution in [3.8, 4) is 67.5 Å². The molecule has 0 N–H and O–H groups in total. The molecule has 0 amide bonds. The lowest BCUT2D eigenvalue weighted by Gasteiger charge is -2.23. The van der Waals surface area contributed by atoms with Gasteiger partial charge in [0.15, 0.2) is 17.5 Å². The first-order valence-electron chi connectivity index (χ1n) is 17.7. The molecule has 2 heterocycles. The van der Waals surface area contributed by atoms with Gasteiger partial charge in [-0.2, -0.15) is 0 Å². The van der Waals surface area contributed by atoms with E-state index in [0.29, 0.717) is 17.5 Å². The quantitative estimate of drug-likeness (QED) is 0.183. The van der Waals surface area contributed by atoms with Crippen molar-refractivity contribution in [1.29, 1.82) is 0 Å². The molecule has 0 atom stereocenters. The molecular weight excluding hydrogens is 635 g/mol. The van der Waals surface area contributed by atoms with Gasteiger partial charge in [0.25, 0.3) is 0 Å². The minimum atomic E-state index is -0.269. The summed E-state index contributed by atoms with van der Waals surface area (Å²) in [5, 5.41) is 2.03. The number of rotatable bonds is 5. The van der Waals surface area contributed by atoms with Crippen LogP contribution in [0.25, 0.3) is 89.5 Å². The Kier molecular flexibility index (Phi) is 6.80. The fourth-order valence-electron chi connectivity index (χ4n) is 7.93. The second-order valence-corrected chi connectivity index (χ2v) is 14.0. The van der Waals surface area contributed by atoms with Gasteiger partial charge in [0, 0.05) is 32.9 Å². The molecular formula is C48H33N3O. The van der Waals surface area contributed by atoms with E-state index < -0.39 is 0 Å². The molecule has 7 aromatic carbocycles. The monoisotopic (exact) mass is 667 g/mol. The molecule has 2 aromatic heterocycles. The minimum Gasteiger partial charge on any atom is -0.456 e. The van der Waals surface area contributed by atoms with E-state index in [1.807, 2.05) is 48.5 Å². The molecule has 0 saturated heterocycles. The van der Waals surface area contributed by atoms with Crippen molar-refractivity contribution in [2.45, 2.75) is 19.3 Å². The van der Waals surface area contributed by atoms with Crippen LogP contribution in [0.1, 0.15) is 25.0 Å². The van der Waals surface area contributed by atoms with Gasteiger partial charge >= 0.3 is 0 Å². The number of aromatic nitrogens is 3. The standard InChI is InChI=1S/C48H33N3O/c1-48(2)39-28-33(30-15-6-3-7-16-30)25-26-35(39)43-38(27-34(29-40(43)48)31-17-8-4-9-18-31)47-50-45(32-19-10-5-11-20-32)49-46(51-47)37-22-14-24-42-44(37)36-21-12-13-23-41(36)52-42/h3-29H,1-2H3. The smallest absolute Gasteiger partial charge is 0.164 e. The van der Waals surface area contributed by atoms with Crippen molar-refractivity contribution in [3.63, 3.8) is 0 Å². The summed E-state index contributed by atoms with van der Waals surface area (Å²) in [4.78, 5) is 15.8. The number of para-hydroxylation sites is 1. The van der Waals surface area contributed by atoms with Crippen LogP contribution in [0.15, 0.2) is 168 Å². The van der Waals surface area contributed by atoms with Gasteiger partial charge in [0.05, 0.1) is 0 Å². The molecule has 1 aliphatic carbocycles. The number of benzene rings is 7. The molecule has 10 rings (SSSR count). The van der Waals surface area contributed by atoms with Gasteiger partial charge in [-0.15, -0.1) is 0 Å². The van der Waals surface area contributed by atoms with Crippen molar-refractivity contribution in [3.05, 3.63) is 175 Å². The summed E-state index contributed by atoms with van der Waals surface area (Å²) >= 11 is 0. The third-order valence-electron chi connectivity index (χ3n) is 10.5. The summed E-state index contributed by atoms with van der Waals surface area (Å²) in [5.74, 6) is 1.87. The average Bonchev–Trinajstić information content (AvgIpc) is 3.70. The van der Waals surface area contributed by atoms with Gasteiger partial charge in [0.2, 0.25) is 0 Å². The van der Waals surface area contributed by atoms with Crippen molar-refractivity contribution < 1.29 is 4.42 Å². The van der Waals surface area contributed by atoms with E-state index in [4.69, 9.17) is 19.4 Å². The van der Waals surface area contributed by atoms with E-state index in [2.05, 4.69) is 129 Å². The van der Waals surface area contributed by atoms with E-state index in [1.54, 1.807) is 0 Å². The summed E-state index contributed by atoms with van der Waals surface area (Å²) in [5.41, 5.74) is 13.8. The molecule has 4 heteroatoms. The fraction of sp³-hybridized carbons (Fsp3) is 0.0625. The molecule has 52 heavy (non-hydrogen) atoms. The lowest BCUT2D eigenvalue weighted by atomic mass is 9.80. The summed E-state index contributed by atoms with van der Waals surface area (Å²) < 4.78 is 6.30. The second-order valence-electron chi connectivity index (χ2n) is 14.0. The Hall–Kier alpha value is -6.65. The molecule has 246 valence electrons. The van der Waals surface area contributed by atoms with E-state index in [0.717, 1.165) is 49.8 Å². The van der Waals surface area contributed by atoms with E-state index in [9.17, 15) is 0 Å². The van der Waals surface area contributed by atoms with Gasteiger partial charge in [-0.1, -0.05) is 147 Å². The Balaban J connectivity index is 1.27. The lowest BCUT2D eigenvalue weighted by molar-refractivity contribution is 0.661. The SMILES string of the molecule is CC1(C)c2cc(-c3ccccc3)ccc2-c2c(-c3nc(-c4ccccc4)nc(-c4cccc5oc6ccccc6c45)n3)cc(-c3ccccc3)cc21. The highest BCUT2D eigenvalue weighted by atomic mass is 16.3. The molecule has 1 aliphatic rings. The van der Waals surface area contributed by atoms with Crippen LogP contribution >= 0.6 is 0 Å². The summed E-state index contributed by atoms with van der Waals surface area (Å²) in [7, 11) is 0. The normalized spacial score (nSPS) is 13.0. The van der Waals surface area contributed by atoms with Gasteiger partial charge in [0.1, 0.15) is 11.2 Å². The van der Waals surface area contributed by atoms with Gasteiger partial charge in [-0.25, -0.2) is 15.0 Å². The number of hydrogen-bond acceptors (Lipinski definition) is 4. The van der Waals surface area contributed by atoms with E-state index >= 15 is 0 Å². The molecule has 0 spiro atoms. The number of fused-ring (bicyclic) bond motifs is 6. The molecule has 4 nitrogen and oxygen atoms in total. The summed E-state index contributed by atoms with van der Waals surface area (Å²) in [6.07, 6.45) is 0. The van der Waals surface area contributed by atoms with E-state index in [-0.39, 0.29) is 5.41 Å². The third-order valence-corrected chi connectivity index (χ3v) is 10.5. The minimum absolute atomic E-state index is 0.269. The van der Waals surface area contributed by atoms with Crippen LogP contribution in [0.2, 0.25) is 0 Å². The maximum Gasteiger partial charge on any atom is 0.164 e. The Morgan fingerprint density at radius 3 is 1.71 bits per heavy atom. The number of nitrogens with zero attached hydrogens (tertiary/aromatic N) is 3. The highest BCUT2D eigenvalue weighted by Crippen LogP contribution is 2.54. The fourth-order valence-corrected chi connectivity index (χ4v) is 7.93. The lowest BCUT2D eigenvalue weighted by Crippen LogP contribution is -2.15. The zero-order chi connectivity index (χ0) is 34.8. The molecule has 0 aliphatic heterocycles. The van der Waals surface area contributed by atoms with Gasteiger partial charge in [-0.3, -0.25) is 0 Å². The second kappa shape index (κ2) is 11.7. The van der Waals surface area contributed by atoms with Crippen LogP contribution in [0.4, 0.5) is 0 Å². The largest absolute Gasteiger partial charge is 0.456 e. The molecule has 0 saturated carbocycles. The first-order valence-corrected chi connectivity index (χ1v) is 17.7. The predicted molar refractivity (Wildman–Crippen MR) is 212 cm³/mol. The zero-order valence-electron chi connectivity index (χ0n) is 28.8. The van der Waals surface area contributed by atoms with Crippen molar-refractivity contribution in [2.24, 2.45) is 0 Å². The maximum absolute atomic E-state index is 6.30. The average molecular weight is 668 g/mol. The first kappa shape index (κ1) is 30.2. The van der Waals surface area contributed by atoms with Gasteiger partial charge < -0.3 is 4.42 Å². The van der Waals surface area contributed by atoms with Crippen molar-refractivity contribution in [2.75, 3.05) is 0 Å². The molecule has 0 radical (unpaired) electrons. The Morgan fingerprint density at radius 1 is 0.404 bits per heavy atom. The predicted octanol–water partition coefficient (Wildman–Crippen LogP) is 12.4. The molecule has 0 fully saturated rings. The van der Waals surface area contributed by atoms with Crippen LogP contribution in [-0.2, 0) is 5.41 Å². The molecule has 0 bridgehead atoms. The van der Waals surface area contributed by atoms with E-state index in [1.165, 1.54) is 33.4 Å². The number of furan rings is 1. The molecule has 0 unspecified atom stereocenters. The zero-order valence-corrected chi connectivity index (χ0v) is 28.8. The summed E-state index contributed by atoms with van der Waals surface area (Å²) in [6, 6.07) is 57.2. The number of hydrogen-bond donors (Lipinski definition) is 0. The van der Waals surface area contributed by atoms with Gasteiger partial charge in [-0.05, 0) is 74.8 Å². The maximum atomic E-state index is 6.30. The van der Waals surface area contributed by atoms with Crippen molar-refractivity contribution >= 4 is 21.9 Å². The topological polar surface area (TPSA) is 51.8 Å². The van der Waals surface area contributed by atoms with Crippen molar-refractivity contribution in [1.82, 2.24) is 15.0 Å². The Morgan fingerprint density at radius 2 is 0.981 bits per heavy atom. The van der Waals surface area contributed by atoms with Crippen LogP contribution in [0, 0.1) is 0 Å².